The average Bonchev–Trinajstić information content (AvgIpc) is 2.88. The Kier molecular flexibility index (Phi) is 11.3. The Bertz CT molecular complexity index is 1180. The maximum absolute atomic E-state index is 14.2. The van der Waals surface area contributed by atoms with Gasteiger partial charge in [0.1, 0.15) is 11.9 Å². The van der Waals surface area contributed by atoms with E-state index in [4.69, 9.17) is 23.2 Å². The molecule has 0 aliphatic rings. The Morgan fingerprint density at radius 1 is 1.00 bits per heavy atom. The van der Waals surface area contributed by atoms with Crippen LogP contribution in [0.5, 0.6) is 0 Å². The molecule has 37 heavy (non-hydrogen) atoms. The Morgan fingerprint density at radius 3 is 2.38 bits per heavy atom. The topological polar surface area (TPSA) is 49.4 Å². The van der Waals surface area contributed by atoms with Gasteiger partial charge in [0.2, 0.25) is 11.8 Å². The monoisotopic (exact) mass is 560 g/mol. The smallest absolute Gasteiger partial charge is 0.243 e. The fourth-order valence-corrected chi connectivity index (χ4v) is 5.28. The van der Waals surface area contributed by atoms with Crippen molar-refractivity contribution in [1.82, 2.24) is 10.2 Å². The molecule has 0 bridgehead atoms. The Hall–Kier alpha value is -2.54. The second-order valence-electron chi connectivity index (χ2n) is 8.87. The van der Waals surface area contributed by atoms with Crippen LogP contribution in [0.25, 0.3) is 0 Å². The lowest BCUT2D eigenvalue weighted by molar-refractivity contribution is -0.139. The summed E-state index contributed by atoms with van der Waals surface area (Å²) in [5.74, 6) is -0.538. The number of nitrogens with one attached hydrogen (secondary N) is 1. The van der Waals surface area contributed by atoms with E-state index in [2.05, 4.69) is 5.32 Å². The highest BCUT2D eigenvalue weighted by Crippen LogP contribution is 2.25. The lowest BCUT2D eigenvalue weighted by atomic mass is 10.0. The minimum absolute atomic E-state index is 0.0357. The molecule has 0 saturated heterocycles. The van der Waals surface area contributed by atoms with Gasteiger partial charge in [-0.2, -0.15) is 0 Å². The first kappa shape index (κ1) is 29.0. The third kappa shape index (κ3) is 8.77. The standard InChI is InChI=1S/C29H31Cl2FN2O2S/c1-3-20(2)33-29(36)27(16-21-9-5-4-6-10-21)34(17-22-11-7-12-23(30)15-22)28(35)19-37-18-24-25(31)13-8-14-26(24)32/h4-15,20,27H,3,16-19H2,1-2H3,(H,33,36)/t20-,27+/m0/s1. The zero-order valence-electron chi connectivity index (χ0n) is 20.9. The minimum Gasteiger partial charge on any atom is -0.352 e. The maximum atomic E-state index is 14.2. The minimum atomic E-state index is -0.736. The molecule has 4 nitrogen and oxygen atoms in total. The summed E-state index contributed by atoms with van der Waals surface area (Å²) in [6.45, 7) is 4.15. The number of carbonyl (C=O) groups excluding carboxylic acids is 2. The van der Waals surface area contributed by atoms with Crippen molar-refractivity contribution < 1.29 is 14.0 Å². The van der Waals surface area contributed by atoms with Crippen LogP contribution in [0.4, 0.5) is 4.39 Å². The molecule has 0 radical (unpaired) electrons. The fraction of sp³-hybridized carbons (Fsp3) is 0.310. The lowest BCUT2D eigenvalue weighted by Gasteiger charge is -2.32. The first-order valence-corrected chi connectivity index (χ1v) is 14.1. The van der Waals surface area contributed by atoms with Gasteiger partial charge in [0, 0.05) is 40.4 Å². The molecule has 3 aromatic rings. The zero-order valence-corrected chi connectivity index (χ0v) is 23.3. The second kappa shape index (κ2) is 14.4. The molecule has 3 rings (SSSR count). The van der Waals surface area contributed by atoms with Crippen LogP contribution in [0.2, 0.25) is 10.0 Å². The molecule has 8 heteroatoms. The molecule has 0 aliphatic carbocycles. The van der Waals surface area contributed by atoms with Crippen molar-refractivity contribution in [3.8, 4) is 0 Å². The maximum Gasteiger partial charge on any atom is 0.243 e. The Labute approximate surface area is 232 Å². The summed E-state index contributed by atoms with van der Waals surface area (Å²) in [7, 11) is 0. The molecule has 0 aliphatic heterocycles. The van der Waals surface area contributed by atoms with Crippen LogP contribution in [-0.2, 0) is 28.3 Å². The summed E-state index contributed by atoms with van der Waals surface area (Å²) in [6.07, 6.45) is 1.13. The first-order chi connectivity index (χ1) is 17.8. The van der Waals surface area contributed by atoms with Gasteiger partial charge >= 0.3 is 0 Å². The van der Waals surface area contributed by atoms with Gasteiger partial charge in [0.25, 0.3) is 0 Å². The molecular formula is C29H31Cl2FN2O2S. The van der Waals surface area contributed by atoms with E-state index in [1.54, 1.807) is 29.2 Å². The van der Waals surface area contributed by atoms with E-state index in [1.807, 2.05) is 56.3 Å². The summed E-state index contributed by atoms with van der Waals surface area (Å²) in [6, 6.07) is 20.6. The molecule has 0 fully saturated rings. The van der Waals surface area contributed by atoms with Crippen molar-refractivity contribution in [3.63, 3.8) is 0 Å². The molecule has 2 amide bonds. The summed E-state index contributed by atoms with van der Waals surface area (Å²) >= 11 is 13.6. The highest BCUT2D eigenvalue weighted by atomic mass is 35.5. The molecule has 0 saturated carbocycles. The molecule has 3 aromatic carbocycles. The molecule has 0 heterocycles. The van der Waals surface area contributed by atoms with Gasteiger partial charge in [0.15, 0.2) is 0 Å². The van der Waals surface area contributed by atoms with Crippen LogP contribution in [-0.4, -0.2) is 34.6 Å². The van der Waals surface area contributed by atoms with Crippen LogP contribution in [0.3, 0.4) is 0 Å². The van der Waals surface area contributed by atoms with Crippen molar-refractivity contribution in [1.29, 1.82) is 0 Å². The molecular weight excluding hydrogens is 530 g/mol. The summed E-state index contributed by atoms with van der Waals surface area (Å²) < 4.78 is 14.2. The Balaban J connectivity index is 1.88. The van der Waals surface area contributed by atoms with Crippen LogP contribution < -0.4 is 5.32 Å². The molecule has 2 atom stereocenters. The van der Waals surface area contributed by atoms with Gasteiger partial charge in [-0.3, -0.25) is 9.59 Å². The number of benzene rings is 3. The van der Waals surface area contributed by atoms with Crippen molar-refractivity contribution in [3.05, 3.63) is 105 Å². The zero-order chi connectivity index (χ0) is 26.8. The van der Waals surface area contributed by atoms with E-state index in [-0.39, 0.29) is 35.9 Å². The number of hydrogen-bond donors (Lipinski definition) is 1. The first-order valence-electron chi connectivity index (χ1n) is 12.2. The normalized spacial score (nSPS) is 12.6. The lowest BCUT2D eigenvalue weighted by Crippen LogP contribution is -2.52. The quantitative estimate of drug-likeness (QED) is 0.261. The SMILES string of the molecule is CC[C@H](C)NC(=O)[C@@H](Cc1ccccc1)N(Cc1cccc(Cl)c1)C(=O)CSCc1c(F)cccc1Cl. The molecule has 196 valence electrons. The fourth-order valence-electron chi connectivity index (χ4n) is 3.82. The van der Waals surface area contributed by atoms with E-state index in [0.717, 1.165) is 17.5 Å². The van der Waals surface area contributed by atoms with Gasteiger partial charge in [0.05, 0.1) is 5.75 Å². The second-order valence-corrected chi connectivity index (χ2v) is 10.7. The molecule has 0 unspecified atom stereocenters. The van der Waals surface area contributed by atoms with E-state index in [9.17, 15) is 14.0 Å². The summed E-state index contributed by atoms with van der Waals surface area (Å²) in [5, 5.41) is 3.92. The predicted octanol–water partition coefficient (Wildman–Crippen LogP) is 6.92. The number of halogens is 3. The van der Waals surface area contributed by atoms with Crippen molar-refractivity contribution in [2.75, 3.05) is 5.75 Å². The van der Waals surface area contributed by atoms with Gasteiger partial charge in [-0.15, -0.1) is 11.8 Å². The van der Waals surface area contributed by atoms with E-state index in [1.165, 1.54) is 17.8 Å². The molecule has 0 spiro atoms. The number of amides is 2. The number of rotatable bonds is 12. The number of thioether (sulfide) groups is 1. The van der Waals surface area contributed by atoms with E-state index in [0.29, 0.717) is 22.0 Å². The number of hydrogen-bond acceptors (Lipinski definition) is 3. The predicted molar refractivity (Wildman–Crippen MR) is 151 cm³/mol. The molecule has 1 N–H and O–H groups in total. The number of nitrogens with zero attached hydrogens (tertiary/aromatic N) is 1. The van der Waals surface area contributed by atoms with E-state index < -0.39 is 11.9 Å². The van der Waals surface area contributed by atoms with Crippen molar-refractivity contribution in [2.45, 2.75) is 51.1 Å². The van der Waals surface area contributed by atoms with Gasteiger partial charge in [-0.05, 0) is 48.7 Å². The third-order valence-corrected chi connectivity index (χ3v) is 7.58. The third-order valence-electron chi connectivity index (χ3n) is 6.05. The number of carbonyl (C=O) groups is 2. The van der Waals surface area contributed by atoms with Crippen molar-refractivity contribution >= 4 is 46.8 Å². The van der Waals surface area contributed by atoms with Gasteiger partial charge < -0.3 is 10.2 Å². The summed E-state index contributed by atoms with van der Waals surface area (Å²) in [5.41, 5.74) is 2.12. The van der Waals surface area contributed by atoms with Crippen LogP contribution in [0.15, 0.2) is 72.8 Å². The largest absolute Gasteiger partial charge is 0.352 e. The summed E-state index contributed by atoms with van der Waals surface area (Å²) in [4.78, 5) is 28.8. The molecule has 0 aromatic heterocycles. The van der Waals surface area contributed by atoms with Gasteiger partial charge in [-0.25, -0.2) is 4.39 Å². The average molecular weight is 562 g/mol. The van der Waals surface area contributed by atoms with Crippen molar-refractivity contribution in [2.24, 2.45) is 0 Å². The Morgan fingerprint density at radius 2 is 1.70 bits per heavy atom. The van der Waals surface area contributed by atoms with Crippen LogP contribution in [0, 0.1) is 5.82 Å². The highest BCUT2D eigenvalue weighted by molar-refractivity contribution is 7.99. The van der Waals surface area contributed by atoms with Crippen LogP contribution in [0.1, 0.15) is 37.0 Å². The van der Waals surface area contributed by atoms with Crippen LogP contribution >= 0.6 is 35.0 Å². The highest BCUT2D eigenvalue weighted by Gasteiger charge is 2.31. The van der Waals surface area contributed by atoms with Gasteiger partial charge in [-0.1, -0.05) is 78.7 Å². The van der Waals surface area contributed by atoms with E-state index >= 15 is 0 Å².